The van der Waals surface area contributed by atoms with Crippen molar-refractivity contribution in [3.8, 4) is 0 Å². The summed E-state index contributed by atoms with van der Waals surface area (Å²) in [7, 11) is 8.61. The molecule has 4 heteroatoms. The average molecular weight is 153 g/mol. The molecule has 0 fully saturated rings. The van der Waals surface area contributed by atoms with Gasteiger partial charge in [0.15, 0.2) is 0 Å². The molecule has 0 amide bonds. The molecular weight excluding hydrogens is 148 g/mol. The van der Waals surface area contributed by atoms with E-state index >= 15 is 0 Å². The first-order valence-corrected chi connectivity index (χ1v) is 1.73. The van der Waals surface area contributed by atoms with Crippen LogP contribution in [0.2, 0.25) is 13.0 Å². The van der Waals surface area contributed by atoms with E-state index in [0.29, 0.717) is 0 Å². The molecule has 0 aliphatic heterocycles. The van der Waals surface area contributed by atoms with E-state index in [1.807, 2.05) is 14.1 Å². The third-order valence-electron chi connectivity index (χ3n) is 0.372. The fourth-order valence-electron chi connectivity index (χ4n) is 0.136. The summed E-state index contributed by atoms with van der Waals surface area (Å²) in [4.78, 5) is 0. The van der Waals surface area contributed by atoms with E-state index in [1.54, 1.807) is 7.17 Å². The van der Waals surface area contributed by atoms with Crippen LogP contribution in [0.3, 0.4) is 0 Å². The molecule has 0 nitrogen and oxygen atoms in total. The molecule has 0 spiro atoms. The monoisotopic (exact) mass is 152 g/mol. The Balaban J connectivity index is 0. The molecule has 0 bridgehead atoms. The Kier molecular flexibility index (Phi) is 15.9. The summed E-state index contributed by atoms with van der Waals surface area (Å²) in [5.74, 6) is 0. The standard InChI is InChI=1S/C2H5B3.Zr/c1-4-2-5-3;/h2H2,1H3;. The van der Waals surface area contributed by atoms with Gasteiger partial charge in [0, 0.05) is 41.1 Å². The van der Waals surface area contributed by atoms with Gasteiger partial charge < -0.3 is 0 Å². The molecule has 0 unspecified atom stereocenters. The zero-order chi connectivity index (χ0) is 4.12. The van der Waals surface area contributed by atoms with E-state index in [0.717, 1.165) is 6.22 Å². The largest absolute Gasteiger partial charge is 0.115 e. The van der Waals surface area contributed by atoms with Gasteiger partial charge in [-0.3, -0.25) is 0 Å². The molecule has 0 aromatic heterocycles. The summed E-state index contributed by atoms with van der Waals surface area (Å²) >= 11 is 0. The van der Waals surface area contributed by atoms with E-state index in [4.69, 9.17) is 7.74 Å². The maximum absolute atomic E-state index is 4.98. The molecule has 6 heavy (non-hydrogen) atoms. The van der Waals surface area contributed by atoms with Crippen LogP contribution in [0.25, 0.3) is 0 Å². The Morgan fingerprint density at radius 2 is 2.17 bits per heavy atom. The number of rotatable bonds is 2. The van der Waals surface area contributed by atoms with E-state index in [1.165, 1.54) is 0 Å². The molecule has 26 valence electrons. The van der Waals surface area contributed by atoms with Gasteiger partial charge in [-0.15, -0.1) is 6.22 Å². The minimum Gasteiger partial charge on any atom is -0.115 e. The van der Waals surface area contributed by atoms with Crippen molar-refractivity contribution in [1.82, 2.24) is 0 Å². The molecule has 0 heterocycles. The Morgan fingerprint density at radius 3 is 2.17 bits per heavy atom. The smallest absolute Gasteiger partial charge is 0.0958 e. The second kappa shape index (κ2) is 9.42. The normalized spacial score (nSPS) is 5.50. The summed E-state index contributed by atoms with van der Waals surface area (Å²) in [5.41, 5.74) is 0. The fourth-order valence-corrected chi connectivity index (χ4v) is 0.136. The molecule has 0 atom stereocenters. The maximum Gasteiger partial charge on any atom is 0.0958 e. The molecule has 0 saturated heterocycles. The molecule has 4 radical (unpaired) electrons. The van der Waals surface area contributed by atoms with Gasteiger partial charge in [-0.1, -0.05) is 6.82 Å². The first kappa shape index (κ1) is 10.1. The Hall–Kier alpha value is 1.08. The molecule has 0 aromatic carbocycles. The SMILES string of the molecule is [B][B]C[B]C.[Zr]. The number of hydrogen-bond donors (Lipinski definition) is 0. The summed E-state index contributed by atoms with van der Waals surface area (Å²) in [6.07, 6.45) is 0.917. The third-order valence-corrected chi connectivity index (χ3v) is 0.372. The van der Waals surface area contributed by atoms with Crippen LogP contribution in [0, 0.1) is 0 Å². The van der Waals surface area contributed by atoms with E-state index in [-0.39, 0.29) is 26.2 Å². The summed E-state index contributed by atoms with van der Waals surface area (Å²) < 4.78 is 0. The molecule has 0 saturated carbocycles. The molecule has 0 aliphatic carbocycles. The van der Waals surface area contributed by atoms with Crippen LogP contribution < -0.4 is 0 Å². The van der Waals surface area contributed by atoms with Crippen LogP contribution in [0.5, 0.6) is 0 Å². The quantitative estimate of drug-likeness (QED) is 0.485. The topological polar surface area (TPSA) is 0 Å². The molecular formula is C2H5B3Zr. The predicted molar refractivity (Wildman–Crippen MR) is 27.9 cm³/mol. The molecule has 0 aliphatic rings. The first-order chi connectivity index (χ1) is 2.41. The van der Waals surface area contributed by atoms with Crippen molar-refractivity contribution in [2.45, 2.75) is 13.0 Å². The van der Waals surface area contributed by atoms with Crippen molar-refractivity contribution >= 4 is 22.2 Å². The van der Waals surface area contributed by atoms with Gasteiger partial charge in [-0.2, -0.15) is 0 Å². The van der Waals surface area contributed by atoms with Crippen LogP contribution >= 0.6 is 0 Å². The second-order valence-electron chi connectivity index (χ2n) is 0.880. The van der Waals surface area contributed by atoms with Gasteiger partial charge in [-0.05, 0) is 0 Å². The fraction of sp³-hybridized carbons (Fsp3) is 1.00. The third kappa shape index (κ3) is 8.91. The van der Waals surface area contributed by atoms with Crippen molar-refractivity contribution in [3.63, 3.8) is 0 Å². The van der Waals surface area contributed by atoms with Crippen LogP contribution in [0.4, 0.5) is 0 Å². The summed E-state index contributed by atoms with van der Waals surface area (Å²) in [5, 5.41) is 0. The first-order valence-electron chi connectivity index (χ1n) is 1.73. The van der Waals surface area contributed by atoms with Gasteiger partial charge in [0.2, 0.25) is 0 Å². The minimum atomic E-state index is 0. The van der Waals surface area contributed by atoms with Gasteiger partial charge in [-0.25, -0.2) is 0 Å². The Bertz CT molecular complexity index is 16.3. The van der Waals surface area contributed by atoms with Crippen molar-refractivity contribution in [2.24, 2.45) is 0 Å². The van der Waals surface area contributed by atoms with E-state index < -0.39 is 0 Å². The van der Waals surface area contributed by atoms with Crippen molar-refractivity contribution < 1.29 is 26.2 Å². The van der Waals surface area contributed by atoms with Crippen LogP contribution in [0.1, 0.15) is 0 Å². The predicted octanol–water partition coefficient (Wildman–Crippen LogP) is -0.100. The van der Waals surface area contributed by atoms with Crippen LogP contribution in [-0.2, 0) is 26.2 Å². The van der Waals surface area contributed by atoms with Crippen LogP contribution in [-0.4, -0.2) is 22.2 Å². The second-order valence-corrected chi connectivity index (χ2v) is 0.880. The maximum atomic E-state index is 4.98. The van der Waals surface area contributed by atoms with Gasteiger partial charge in [0.25, 0.3) is 0 Å². The van der Waals surface area contributed by atoms with Crippen LogP contribution in [0.15, 0.2) is 0 Å². The van der Waals surface area contributed by atoms with Crippen molar-refractivity contribution in [2.75, 3.05) is 0 Å². The minimum absolute atomic E-state index is 0. The zero-order valence-corrected chi connectivity index (χ0v) is 6.40. The number of hydrogen-bond acceptors (Lipinski definition) is 0. The zero-order valence-electron chi connectivity index (χ0n) is 3.94. The van der Waals surface area contributed by atoms with E-state index in [9.17, 15) is 0 Å². The average Bonchev–Trinajstić information content (AvgIpc) is 1.41. The molecule has 0 aromatic rings. The summed E-state index contributed by atoms with van der Waals surface area (Å²) in [6.45, 7) is 1.98. The van der Waals surface area contributed by atoms with Gasteiger partial charge >= 0.3 is 0 Å². The van der Waals surface area contributed by atoms with Crippen molar-refractivity contribution in [3.05, 3.63) is 0 Å². The summed E-state index contributed by atoms with van der Waals surface area (Å²) in [6, 6.07) is 0. The Labute approximate surface area is 61.5 Å². The Morgan fingerprint density at radius 1 is 1.67 bits per heavy atom. The van der Waals surface area contributed by atoms with Gasteiger partial charge in [0.1, 0.15) is 0 Å². The molecule has 0 rings (SSSR count). The van der Waals surface area contributed by atoms with Gasteiger partial charge in [0.05, 0.1) is 7.28 Å². The van der Waals surface area contributed by atoms with Crippen molar-refractivity contribution in [1.29, 1.82) is 0 Å². The van der Waals surface area contributed by atoms with E-state index in [2.05, 4.69) is 0 Å². The molecule has 0 N–H and O–H groups in total.